The van der Waals surface area contributed by atoms with E-state index in [0.717, 1.165) is 11.4 Å². The fraction of sp³-hybridized carbons (Fsp3) is 0.222. The Labute approximate surface area is 121 Å². The van der Waals surface area contributed by atoms with Crippen molar-refractivity contribution < 1.29 is 4.74 Å². The van der Waals surface area contributed by atoms with E-state index in [-0.39, 0.29) is 12.0 Å². The number of rotatable bonds is 6. The van der Waals surface area contributed by atoms with E-state index in [2.05, 4.69) is 43.1 Å². The van der Waals surface area contributed by atoms with Crippen LogP contribution in [0.1, 0.15) is 18.4 Å². The standard InChI is InChI=1S/C18H21NO/c1-4-18(15-8-6-5-7-9-15)14(2)19-16-10-12-17(20-3)13-11-16/h4-14,18-19H,1H2,2-3H3. The minimum atomic E-state index is 0.267. The van der Waals surface area contributed by atoms with Crippen molar-refractivity contribution in [1.82, 2.24) is 0 Å². The van der Waals surface area contributed by atoms with Gasteiger partial charge in [-0.25, -0.2) is 0 Å². The molecular weight excluding hydrogens is 246 g/mol. The molecule has 0 aliphatic heterocycles. The molecule has 1 N–H and O–H groups in total. The Hall–Kier alpha value is -2.22. The summed E-state index contributed by atoms with van der Waals surface area (Å²) in [5, 5.41) is 3.52. The van der Waals surface area contributed by atoms with Crippen molar-refractivity contribution in [2.45, 2.75) is 18.9 Å². The molecule has 0 spiro atoms. The quantitative estimate of drug-likeness (QED) is 0.780. The zero-order valence-corrected chi connectivity index (χ0v) is 12.0. The van der Waals surface area contributed by atoms with Gasteiger partial charge in [-0.2, -0.15) is 0 Å². The van der Waals surface area contributed by atoms with Gasteiger partial charge in [0.15, 0.2) is 0 Å². The second-order valence-electron chi connectivity index (χ2n) is 4.83. The molecule has 2 heteroatoms. The molecule has 2 nitrogen and oxygen atoms in total. The highest BCUT2D eigenvalue weighted by Gasteiger charge is 2.15. The minimum absolute atomic E-state index is 0.267. The van der Waals surface area contributed by atoms with Crippen molar-refractivity contribution in [2.24, 2.45) is 0 Å². The van der Waals surface area contributed by atoms with Gasteiger partial charge in [0.2, 0.25) is 0 Å². The smallest absolute Gasteiger partial charge is 0.119 e. The molecule has 104 valence electrons. The van der Waals surface area contributed by atoms with Crippen molar-refractivity contribution >= 4 is 5.69 Å². The van der Waals surface area contributed by atoms with Crippen LogP contribution in [0.2, 0.25) is 0 Å². The molecule has 0 heterocycles. The number of hydrogen-bond acceptors (Lipinski definition) is 2. The predicted octanol–water partition coefficient (Wildman–Crippen LogP) is 4.47. The number of hydrogen-bond donors (Lipinski definition) is 1. The summed E-state index contributed by atoms with van der Waals surface area (Å²) in [6, 6.07) is 18.7. The number of methoxy groups -OCH3 is 1. The van der Waals surface area contributed by atoms with Crippen molar-refractivity contribution in [3.05, 3.63) is 72.8 Å². The van der Waals surface area contributed by atoms with Gasteiger partial charge in [-0.1, -0.05) is 36.4 Å². The van der Waals surface area contributed by atoms with E-state index in [1.807, 2.05) is 36.4 Å². The first-order valence-electron chi connectivity index (χ1n) is 6.82. The largest absolute Gasteiger partial charge is 0.497 e. The van der Waals surface area contributed by atoms with Gasteiger partial charge in [-0.15, -0.1) is 6.58 Å². The molecule has 2 atom stereocenters. The maximum Gasteiger partial charge on any atom is 0.119 e. The number of anilines is 1. The summed E-state index contributed by atoms with van der Waals surface area (Å²) in [6.45, 7) is 6.14. The summed E-state index contributed by atoms with van der Waals surface area (Å²) in [6.07, 6.45) is 2.00. The first-order chi connectivity index (χ1) is 9.74. The van der Waals surface area contributed by atoms with Gasteiger partial charge in [0.05, 0.1) is 7.11 Å². The summed E-state index contributed by atoms with van der Waals surface area (Å²) in [5.41, 5.74) is 2.36. The van der Waals surface area contributed by atoms with Gasteiger partial charge in [0.25, 0.3) is 0 Å². The lowest BCUT2D eigenvalue weighted by Crippen LogP contribution is -2.22. The SMILES string of the molecule is C=CC(c1ccccc1)C(C)Nc1ccc(OC)cc1. The first-order valence-corrected chi connectivity index (χ1v) is 6.82. The Morgan fingerprint density at radius 2 is 1.70 bits per heavy atom. The molecule has 0 aliphatic carbocycles. The van der Waals surface area contributed by atoms with Crippen LogP contribution in [0.15, 0.2) is 67.3 Å². The number of nitrogens with one attached hydrogen (secondary N) is 1. The van der Waals surface area contributed by atoms with Gasteiger partial charge in [-0.3, -0.25) is 0 Å². The molecule has 2 aromatic rings. The summed E-state index contributed by atoms with van der Waals surface area (Å²) < 4.78 is 5.17. The zero-order chi connectivity index (χ0) is 14.4. The average Bonchev–Trinajstić information content (AvgIpc) is 2.50. The molecule has 0 fully saturated rings. The van der Waals surface area contributed by atoms with Crippen LogP contribution in [0.25, 0.3) is 0 Å². The van der Waals surface area contributed by atoms with E-state index in [9.17, 15) is 0 Å². The summed E-state index contributed by atoms with van der Waals surface area (Å²) >= 11 is 0. The third-order valence-electron chi connectivity index (χ3n) is 3.46. The Morgan fingerprint density at radius 1 is 1.05 bits per heavy atom. The van der Waals surface area contributed by atoms with Crippen LogP contribution in [0.5, 0.6) is 5.75 Å². The maximum absolute atomic E-state index is 5.17. The van der Waals surface area contributed by atoms with Gasteiger partial charge >= 0.3 is 0 Å². The highest BCUT2D eigenvalue weighted by Crippen LogP contribution is 2.24. The van der Waals surface area contributed by atoms with E-state index in [1.165, 1.54) is 5.56 Å². The van der Waals surface area contributed by atoms with Crippen molar-refractivity contribution in [1.29, 1.82) is 0 Å². The van der Waals surface area contributed by atoms with E-state index >= 15 is 0 Å². The lowest BCUT2D eigenvalue weighted by atomic mass is 9.92. The van der Waals surface area contributed by atoms with Crippen LogP contribution < -0.4 is 10.1 Å². The Kier molecular flexibility index (Phi) is 4.83. The number of benzene rings is 2. The summed E-state index contributed by atoms with van der Waals surface area (Å²) in [7, 11) is 1.67. The number of ether oxygens (including phenoxy) is 1. The van der Waals surface area contributed by atoms with Crippen LogP contribution in [-0.2, 0) is 0 Å². The molecular formula is C18H21NO. The van der Waals surface area contributed by atoms with Crippen LogP contribution in [0.4, 0.5) is 5.69 Å². The highest BCUT2D eigenvalue weighted by atomic mass is 16.5. The lowest BCUT2D eigenvalue weighted by Gasteiger charge is -2.23. The molecule has 0 bridgehead atoms. The third kappa shape index (κ3) is 3.41. The Morgan fingerprint density at radius 3 is 2.25 bits per heavy atom. The summed E-state index contributed by atoms with van der Waals surface area (Å²) in [4.78, 5) is 0. The van der Waals surface area contributed by atoms with Gasteiger partial charge < -0.3 is 10.1 Å². The Bertz CT molecular complexity index is 533. The lowest BCUT2D eigenvalue weighted by molar-refractivity contribution is 0.415. The molecule has 0 saturated heterocycles. The van der Waals surface area contributed by atoms with E-state index in [0.29, 0.717) is 0 Å². The molecule has 0 radical (unpaired) electrons. The molecule has 20 heavy (non-hydrogen) atoms. The van der Waals surface area contributed by atoms with Gasteiger partial charge in [0.1, 0.15) is 5.75 Å². The fourth-order valence-electron chi connectivity index (χ4n) is 2.34. The van der Waals surface area contributed by atoms with Crippen LogP contribution in [0.3, 0.4) is 0 Å². The first kappa shape index (κ1) is 14.2. The predicted molar refractivity (Wildman–Crippen MR) is 85.5 cm³/mol. The van der Waals surface area contributed by atoms with Crippen molar-refractivity contribution in [3.8, 4) is 5.75 Å². The monoisotopic (exact) mass is 267 g/mol. The molecule has 2 rings (SSSR count). The topological polar surface area (TPSA) is 21.3 Å². The molecule has 0 aromatic heterocycles. The van der Waals surface area contributed by atoms with Crippen LogP contribution >= 0.6 is 0 Å². The van der Waals surface area contributed by atoms with E-state index < -0.39 is 0 Å². The van der Waals surface area contributed by atoms with Crippen LogP contribution in [0, 0.1) is 0 Å². The molecule has 0 saturated carbocycles. The Balaban J connectivity index is 2.09. The average molecular weight is 267 g/mol. The van der Waals surface area contributed by atoms with Crippen LogP contribution in [-0.4, -0.2) is 13.2 Å². The zero-order valence-electron chi connectivity index (χ0n) is 12.0. The molecule has 0 amide bonds. The molecule has 2 unspecified atom stereocenters. The van der Waals surface area contributed by atoms with Crippen molar-refractivity contribution in [3.63, 3.8) is 0 Å². The normalized spacial score (nSPS) is 13.3. The second-order valence-corrected chi connectivity index (χ2v) is 4.83. The van der Waals surface area contributed by atoms with Gasteiger partial charge in [0, 0.05) is 17.6 Å². The van der Waals surface area contributed by atoms with Crippen molar-refractivity contribution in [2.75, 3.05) is 12.4 Å². The molecule has 0 aliphatic rings. The minimum Gasteiger partial charge on any atom is -0.497 e. The fourth-order valence-corrected chi connectivity index (χ4v) is 2.34. The second kappa shape index (κ2) is 6.80. The van der Waals surface area contributed by atoms with Gasteiger partial charge in [-0.05, 0) is 36.8 Å². The van der Waals surface area contributed by atoms with E-state index in [4.69, 9.17) is 4.74 Å². The highest BCUT2D eigenvalue weighted by molar-refractivity contribution is 5.48. The molecule has 2 aromatic carbocycles. The maximum atomic E-state index is 5.17. The summed E-state index contributed by atoms with van der Waals surface area (Å²) in [5.74, 6) is 1.14. The van der Waals surface area contributed by atoms with E-state index in [1.54, 1.807) is 7.11 Å². The third-order valence-corrected chi connectivity index (χ3v) is 3.46.